The van der Waals surface area contributed by atoms with E-state index in [1.807, 2.05) is 0 Å². The van der Waals surface area contributed by atoms with Crippen molar-refractivity contribution in [1.82, 2.24) is 0 Å². The van der Waals surface area contributed by atoms with Gasteiger partial charge in [-0.25, -0.2) is 0 Å². The molecule has 2 amide bonds. The number of rotatable bonds is 0. The van der Waals surface area contributed by atoms with Gasteiger partial charge in [0, 0.05) is 0 Å². The van der Waals surface area contributed by atoms with Crippen LogP contribution in [0.1, 0.15) is 27.7 Å². The van der Waals surface area contributed by atoms with Crippen LogP contribution >= 0.6 is 0 Å². The Bertz CT molecular complexity index is 174. The maximum atomic E-state index is 10.7. The van der Waals surface area contributed by atoms with Gasteiger partial charge in [0.05, 0.1) is 5.91 Å². The van der Waals surface area contributed by atoms with Gasteiger partial charge in [-0.3, -0.25) is 4.79 Å². The van der Waals surface area contributed by atoms with E-state index in [1.165, 1.54) is 6.92 Å². The Morgan fingerprint density at radius 3 is 1.92 bits per heavy atom. The van der Waals surface area contributed by atoms with Gasteiger partial charge >= 0.3 is 51.4 Å². The third kappa shape index (κ3) is 10.6. The van der Waals surface area contributed by atoms with Crippen LogP contribution in [0.2, 0.25) is 0 Å². The summed E-state index contributed by atoms with van der Waals surface area (Å²) in [5, 5.41) is 3.06. The molecule has 0 N–H and O–H groups in total. The van der Waals surface area contributed by atoms with Crippen LogP contribution in [0.4, 0.5) is 4.79 Å². The van der Waals surface area contributed by atoms with Crippen LogP contribution in [0, 0.1) is 0 Å². The van der Waals surface area contributed by atoms with Crippen LogP contribution in [0.5, 0.6) is 0 Å². The topological polar surface area (TPSA) is 57.5 Å². The predicted octanol–water partition coefficient (Wildman–Crippen LogP) is -1.15. The molecule has 0 fully saturated rings. The average molecular weight is 197 g/mol. The molecule has 0 aliphatic rings. The maximum absolute atomic E-state index is 10.7. The summed E-state index contributed by atoms with van der Waals surface area (Å²) in [6, 6.07) is 0. The predicted molar refractivity (Wildman–Crippen MR) is 40.3 cm³/mol. The minimum absolute atomic E-state index is 0. The number of hydrogen-bond acceptors (Lipinski definition) is 3. The Balaban J connectivity index is 0. The first-order valence-electron chi connectivity index (χ1n) is 3.26. The minimum Gasteiger partial charge on any atom is -0.560 e. The molecule has 4 nitrogen and oxygen atoms in total. The second-order valence-electron chi connectivity index (χ2n) is 3.11. The molecule has 12 heavy (non-hydrogen) atoms. The van der Waals surface area contributed by atoms with Crippen LogP contribution < -0.4 is 51.4 Å². The molecule has 0 spiro atoms. The number of ether oxygens (including phenoxy) is 1. The van der Waals surface area contributed by atoms with E-state index >= 15 is 0 Å². The summed E-state index contributed by atoms with van der Waals surface area (Å²) >= 11 is 0. The molecule has 0 atom stereocenters. The van der Waals surface area contributed by atoms with Crippen molar-refractivity contribution in [2.75, 3.05) is 0 Å². The number of amides is 2. The van der Waals surface area contributed by atoms with E-state index in [0.29, 0.717) is 0 Å². The van der Waals surface area contributed by atoms with E-state index in [9.17, 15) is 9.59 Å². The summed E-state index contributed by atoms with van der Waals surface area (Å²) in [5.74, 6) is -0.542. The van der Waals surface area contributed by atoms with Crippen LogP contribution in [-0.2, 0) is 9.53 Å². The van der Waals surface area contributed by atoms with Gasteiger partial charge in [0.1, 0.15) is 5.60 Å². The Hall–Kier alpha value is 0.576. The van der Waals surface area contributed by atoms with E-state index in [4.69, 9.17) is 4.74 Å². The van der Waals surface area contributed by atoms with E-state index in [0.717, 1.165) is 0 Å². The second-order valence-corrected chi connectivity index (χ2v) is 3.11. The van der Waals surface area contributed by atoms with E-state index < -0.39 is 17.6 Å². The Labute approximate surface area is 115 Å². The van der Waals surface area contributed by atoms with Gasteiger partial charge in [-0.05, 0) is 27.7 Å². The molecule has 0 saturated carbocycles. The quantitative estimate of drug-likeness (QED) is 0.461. The summed E-state index contributed by atoms with van der Waals surface area (Å²) in [6.45, 7) is 6.32. The standard InChI is InChI=1S/C7H13NO3.K/c1-5(9)8-6(10)11-7(2,3)4;/h1-4H3,(H,8,9,10);/q;+1/p-1. The smallest absolute Gasteiger partial charge is 0.560 e. The van der Waals surface area contributed by atoms with Crippen molar-refractivity contribution in [1.29, 1.82) is 0 Å². The molecule has 5 heteroatoms. The molecule has 0 aliphatic heterocycles. The molecular weight excluding hydrogens is 185 g/mol. The molecule has 0 aromatic heterocycles. The summed E-state index contributed by atoms with van der Waals surface area (Å²) < 4.78 is 4.72. The van der Waals surface area contributed by atoms with Gasteiger partial charge in [-0.2, -0.15) is 0 Å². The number of hydrogen-bond donors (Lipinski definition) is 0. The number of carbonyl (C=O) groups excluding carboxylic acids is 2. The van der Waals surface area contributed by atoms with E-state index in [2.05, 4.69) is 5.32 Å². The molecule has 0 rings (SSSR count). The zero-order valence-electron chi connectivity index (χ0n) is 8.17. The Morgan fingerprint density at radius 1 is 1.25 bits per heavy atom. The number of imide groups is 1. The van der Waals surface area contributed by atoms with Crippen LogP contribution in [0.3, 0.4) is 0 Å². The molecule has 0 aromatic carbocycles. The molecule has 64 valence electrons. The normalized spacial score (nSPS) is 9.67. The fourth-order valence-electron chi connectivity index (χ4n) is 0.413. The van der Waals surface area contributed by atoms with E-state index in [1.54, 1.807) is 20.8 Å². The average Bonchev–Trinajstić information content (AvgIpc) is 1.53. The first-order valence-corrected chi connectivity index (χ1v) is 3.26. The largest absolute Gasteiger partial charge is 1.00 e. The molecule has 0 aliphatic carbocycles. The monoisotopic (exact) mass is 197 g/mol. The van der Waals surface area contributed by atoms with Gasteiger partial charge in [0.15, 0.2) is 0 Å². The fraction of sp³-hybridized carbons (Fsp3) is 0.714. The summed E-state index contributed by atoms with van der Waals surface area (Å²) in [6.07, 6.45) is -0.829. The van der Waals surface area contributed by atoms with Crippen LogP contribution in [0.25, 0.3) is 5.32 Å². The molecule has 0 unspecified atom stereocenters. The molecular formula is C7H12KNO3. The first kappa shape index (κ1) is 15.1. The van der Waals surface area contributed by atoms with Gasteiger partial charge < -0.3 is 14.8 Å². The van der Waals surface area contributed by atoms with Crippen molar-refractivity contribution < 1.29 is 65.7 Å². The van der Waals surface area contributed by atoms with Crippen molar-refractivity contribution in [2.24, 2.45) is 0 Å². The van der Waals surface area contributed by atoms with Crippen LogP contribution in [-0.4, -0.2) is 17.6 Å². The van der Waals surface area contributed by atoms with Gasteiger partial charge in [0.25, 0.3) is 0 Å². The van der Waals surface area contributed by atoms with Gasteiger partial charge in [0.2, 0.25) is 6.09 Å². The van der Waals surface area contributed by atoms with Crippen molar-refractivity contribution in [3.8, 4) is 0 Å². The Morgan fingerprint density at radius 2 is 1.67 bits per heavy atom. The summed E-state index contributed by atoms with van der Waals surface area (Å²) in [5.41, 5.74) is -0.587. The zero-order chi connectivity index (χ0) is 9.07. The molecule has 0 aromatic rings. The van der Waals surface area contributed by atoms with Crippen molar-refractivity contribution in [3.63, 3.8) is 0 Å². The number of nitrogens with zero attached hydrogens (tertiary/aromatic N) is 1. The van der Waals surface area contributed by atoms with Gasteiger partial charge in [-0.15, -0.1) is 0 Å². The minimum atomic E-state index is -0.829. The third-order valence-corrected chi connectivity index (χ3v) is 0.642. The first-order chi connectivity index (χ1) is 4.81. The van der Waals surface area contributed by atoms with Crippen LogP contribution in [0.15, 0.2) is 0 Å². The Kier molecular flexibility index (Phi) is 7.65. The molecule has 0 radical (unpaired) electrons. The van der Waals surface area contributed by atoms with Gasteiger partial charge in [-0.1, -0.05) is 0 Å². The van der Waals surface area contributed by atoms with E-state index in [-0.39, 0.29) is 51.4 Å². The third-order valence-electron chi connectivity index (χ3n) is 0.642. The van der Waals surface area contributed by atoms with Crippen molar-refractivity contribution in [2.45, 2.75) is 33.3 Å². The van der Waals surface area contributed by atoms with Crippen molar-refractivity contribution in [3.05, 3.63) is 5.32 Å². The summed E-state index contributed by atoms with van der Waals surface area (Å²) in [7, 11) is 0. The molecule has 0 saturated heterocycles. The number of carbonyl (C=O) groups is 2. The van der Waals surface area contributed by atoms with Crippen molar-refractivity contribution >= 4 is 12.0 Å². The maximum Gasteiger partial charge on any atom is 1.00 e. The molecule has 0 bridgehead atoms. The zero-order valence-corrected chi connectivity index (χ0v) is 11.3. The SMILES string of the molecule is CC(=O)[N-]C(=O)OC(C)(C)C.[K+]. The summed E-state index contributed by atoms with van der Waals surface area (Å²) in [4.78, 5) is 20.9. The fourth-order valence-corrected chi connectivity index (χ4v) is 0.413. The molecule has 0 heterocycles. The second kappa shape index (κ2) is 6.09.